The van der Waals surface area contributed by atoms with Crippen LogP contribution < -0.4 is 15.6 Å². The van der Waals surface area contributed by atoms with Gasteiger partial charge in [-0.05, 0) is 73.5 Å². The molecule has 0 bridgehead atoms. The standard InChI is InChI=1S/C43H37N5O4/c1-26-18-20-28(21-19-26)39-38(34-16-10-11-17-36(34)47(39)4)40-32-14-8-9-15-33(32)43(51)48(40)27(2)41(49)44-45-42(50)37-25-29-24-31(22-23-35(29)46(37)3)52-30-12-6-5-7-13-30/h5-25,27,40H,1-4H3,(H,44,49)(H,45,50). The number of rotatable bonds is 7. The number of ether oxygens (including phenoxy) is 1. The predicted octanol–water partition coefficient (Wildman–Crippen LogP) is 7.83. The highest BCUT2D eigenvalue weighted by Crippen LogP contribution is 2.47. The van der Waals surface area contributed by atoms with Crippen molar-refractivity contribution in [1.82, 2.24) is 24.9 Å². The average molecular weight is 688 g/mol. The third kappa shape index (κ3) is 5.47. The van der Waals surface area contributed by atoms with E-state index in [1.807, 2.05) is 92.0 Å². The maximum atomic E-state index is 14.2. The van der Waals surface area contributed by atoms with Gasteiger partial charge in [0.15, 0.2) is 0 Å². The van der Waals surface area contributed by atoms with Crippen molar-refractivity contribution >= 4 is 39.5 Å². The van der Waals surface area contributed by atoms with E-state index in [4.69, 9.17) is 4.74 Å². The molecule has 3 amide bonds. The minimum Gasteiger partial charge on any atom is -0.457 e. The minimum absolute atomic E-state index is 0.250. The smallest absolute Gasteiger partial charge is 0.286 e. The van der Waals surface area contributed by atoms with Crippen molar-refractivity contribution in [3.8, 4) is 22.8 Å². The number of carbonyl (C=O) groups excluding carboxylic acids is 3. The molecule has 1 aliphatic heterocycles. The number of hydrogen-bond donors (Lipinski definition) is 2. The van der Waals surface area contributed by atoms with Gasteiger partial charge in [0.25, 0.3) is 17.7 Å². The number of fused-ring (bicyclic) bond motifs is 3. The number of aryl methyl sites for hydroxylation is 3. The fourth-order valence-corrected chi connectivity index (χ4v) is 7.44. The monoisotopic (exact) mass is 687 g/mol. The van der Waals surface area contributed by atoms with Crippen molar-refractivity contribution in [1.29, 1.82) is 0 Å². The molecule has 9 nitrogen and oxygen atoms in total. The van der Waals surface area contributed by atoms with Gasteiger partial charge in [-0.25, -0.2) is 0 Å². The molecule has 5 aromatic carbocycles. The maximum absolute atomic E-state index is 14.2. The Morgan fingerprint density at radius 2 is 1.44 bits per heavy atom. The number of aromatic nitrogens is 2. The molecule has 0 fully saturated rings. The molecule has 2 N–H and O–H groups in total. The summed E-state index contributed by atoms with van der Waals surface area (Å²) in [5.41, 5.74) is 12.8. The summed E-state index contributed by atoms with van der Waals surface area (Å²) in [4.78, 5) is 43.3. The Morgan fingerprint density at radius 3 is 2.23 bits per heavy atom. The minimum atomic E-state index is -0.944. The second-order valence-corrected chi connectivity index (χ2v) is 13.3. The lowest BCUT2D eigenvalue weighted by atomic mass is 9.92. The van der Waals surface area contributed by atoms with Crippen LogP contribution in [0.25, 0.3) is 33.1 Å². The van der Waals surface area contributed by atoms with Crippen LogP contribution in [0.4, 0.5) is 0 Å². The zero-order valence-electron chi connectivity index (χ0n) is 29.3. The van der Waals surface area contributed by atoms with Crippen LogP contribution in [-0.2, 0) is 18.9 Å². The Hall–Kier alpha value is -6.61. The van der Waals surface area contributed by atoms with Gasteiger partial charge < -0.3 is 18.8 Å². The summed E-state index contributed by atoms with van der Waals surface area (Å²) in [5, 5.41) is 1.80. The number of nitrogens with zero attached hydrogens (tertiary/aromatic N) is 3. The van der Waals surface area contributed by atoms with E-state index in [0.717, 1.165) is 49.8 Å². The van der Waals surface area contributed by atoms with Crippen LogP contribution >= 0.6 is 0 Å². The molecule has 7 aromatic rings. The van der Waals surface area contributed by atoms with Gasteiger partial charge in [0.2, 0.25) is 0 Å². The summed E-state index contributed by atoms with van der Waals surface area (Å²) in [6.07, 6.45) is 0. The molecule has 9 heteroatoms. The SMILES string of the molecule is Cc1ccc(-c2c(C3c4ccccc4C(=O)N3C(C)C(=O)NNC(=O)c3cc4cc(Oc5ccccc5)ccc4n3C)c3ccccc3n2C)cc1. The van der Waals surface area contributed by atoms with Crippen molar-refractivity contribution in [3.05, 3.63) is 155 Å². The van der Waals surface area contributed by atoms with Gasteiger partial charge in [-0.3, -0.25) is 25.2 Å². The summed E-state index contributed by atoms with van der Waals surface area (Å²) in [6.45, 7) is 3.75. The second-order valence-electron chi connectivity index (χ2n) is 13.3. The molecule has 0 saturated heterocycles. The summed E-state index contributed by atoms with van der Waals surface area (Å²) >= 11 is 0. The van der Waals surface area contributed by atoms with Crippen LogP contribution in [0.2, 0.25) is 0 Å². The third-order valence-electron chi connectivity index (χ3n) is 10.1. The van der Waals surface area contributed by atoms with E-state index in [1.165, 1.54) is 0 Å². The van der Waals surface area contributed by atoms with Crippen molar-refractivity contribution in [2.45, 2.75) is 25.9 Å². The molecule has 2 aromatic heterocycles. The molecule has 2 unspecified atom stereocenters. The first kappa shape index (κ1) is 32.6. The normalized spacial score (nSPS) is 14.4. The topological polar surface area (TPSA) is 97.6 Å². The lowest BCUT2D eigenvalue weighted by molar-refractivity contribution is -0.126. The van der Waals surface area contributed by atoms with Crippen LogP contribution in [0.15, 0.2) is 127 Å². The molecule has 8 rings (SSSR count). The molecule has 258 valence electrons. The van der Waals surface area contributed by atoms with Gasteiger partial charge in [-0.1, -0.05) is 84.4 Å². The van der Waals surface area contributed by atoms with E-state index >= 15 is 0 Å². The molecule has 2 atom stereocenters. The second kappa shape index (κ2) is 12.9. The lowest BCUT2D eigenvalue weighted by Crippen LogP contribution is -2.52. The summed E-state index contributed by atoms with van der Waals surface area (Å²) in [5.74, 6) is 0.0868. The maximum Gasteiger partial charge on any atom is 0.286 e. The Morgan fingerprint density at radius 1 is 0.731 bits per heavy atom. The number of benzene rings is 5. The van der Waals surface area contributed by atoms with E-state index in [-0.39, 0.29) is 5.91 Å². The summed E-state index contributed by atoms with van der Waals surface area (Å²) < 4.78 is 9.90. The number of hydrazine groups is 1. The predicted molar refractivity (Wildman–Crippen MR) is 202 cm³/mol. The molecule has 0 saturated carbocycles. The van der Waals surface area contributed by atoms with E-state index in [1.54, 1.807) is 29.5 Å². The summed E-state index contributed by atoms with van der Waals surface area (Å²) in [6, 6.07) is 39.3. The molecular weight excluding hydrogens is 651 g/mol. The zero-order chi connectivity index (χ0) is 36.1. The van der Waals surface area contributed by atoms with Crippen LogP contribution in [0.3, 0.4) is 0 Å². The van der Waals surface area contributed by atoms with Crippen molar-refractivity contribution in [3.63, 3.8) is 0 Å². The van der Waals surface area contributed by atoms with E-state index < -0.39 is 23.9 Å². The van der Waals surface area contributed by atoms with Crippen LogP contribution in [0.1, 0.15) is 50.5 Å². The fourth-order valence-electron chi connectivity index (χ4n) is 7.44. The fraction of sp³-hybridized carbons (Fsp3) is 0.140. The van der Waals surface area contributed by atoms with Crippen LogP contribution in [0, 0.1) is 6.92 Å². The molecule has 0 aliphatic carbocycles. The highest BCUT2D eigenvalue weighted by molar-refractivity contribution is 6.05. The van der Waals surface area contributed by atoms with Gasteiger partial charge in [0, 0.05) is 47.0 Å². The molecule has 3 heterocycles. The first-order valence-electron chi connectivity index (χ1n) is 17.2. The zero-order valence-corrected chi connectivity index (χ0v) is 29.3. The van der Waals surface area contributed by atoms with Gasteiger partial charge >= 0.3 is 0 Å². The largest absolute Gasteiger partial charge is 0.457 e. The Balaban J connectivity index is 1.09. The highest BCUT2D eigenvalue weighted by atomic mass is 16.5. The number of nitrogens with one attached hydrogen (secondary N) is 2. The van der Waals surface area contributed by atoms with E-state index in [0.29, 0.717) is 22.8 Å². The van der Waals surface area contributed by atoms with Gasteiger partial charge in [-0.2, -0.15) is 0 Å². The summed E-state index contributed by atoms with van der Waals surface area (Å²) in [7, 11) is 3.82. The molecule has 0 spiro atoms. The van der Waals surface area contributed by atoms with Crippen molar-refractivity contribution in [2.75, 3.05) is 0 Å². The molecule has 52 heavy (non-hydrogen) atoms. The average Bonchev–Trinajstić information content (AvgIpc) is 3.76. The Labute approximate surface area is 301 Å². The first-order valence-corrected chi connectivity index (χ1v) is 17.2. The highest BCUT2D eigenvalue weighted by Gasteiger charge is 2.44. The quantitative estimate of drug-likeness (QED) is 0.167. The molecule has 0 radical (unpaired) electrons. The number of hydrogen-bond acceptors (Lipinski definition) is 4. The Kier molecular flexibility index (Phi) is 8.10. The van der Waals surface area contributed by atoms with Crippen LogP contribution in [0.5, 0.6) is 11.5 Å². The Bertz CT molecular complexity index is 2520. The van der Waals surface area contributed by atoms with Gasteiger partial charge in [0.1, 0.15) is 23.2 Å². The third-order valence-corrected chi connectivity index (χ3v) is 10.1. The number of carbonyl (C=O) groups is 3. The number of para-hydroxylation sites is 2. The van der Waals surface area contributed by atoms with E-state index in [2.05, 4.69) is 58.7 Å². The van der Waals surface area contributed by atoms with Crippen molar-refractivity contribution in [2.24, 2.45) is 14.1 Å². The molecular formula is C43H37N5O4. The first-order chi connectivity index (χ1) is 25.2. The molecule has 1 aliphatic rings. The van der Waals surface area contributed by atoms with Crippen LogP contribution in [-0.4, -0.2) is 37.8 Å². The van der Waals surface area contributed by atoms with Crippen molar-refractivity contribution < 1.29 is 19.1 Å². The van der Waals surface area contributed by atoms with Gasteiger partial charge in [0.05, 0.1) is 11.7 Å². The van der Waals surface area contributed by atoms with E-state index in [9.17, 15) is 14.4 Å². The number of amides is 3. The van der Waals surface area contributed by atoms with Gasteiger partial charge in [-0.15, -0.1) is 0 Å². The lowest BCUT2D eigenvalue weighted by Gasteiger charge is -2.31.